The average Bonchev–Trinajstić information content (AvgIpc) is 2.74. The van der Waals surface area contributed by atoms with Crippen molar-refractivity contribution in [1.82, 2.24) is 10.1 Å². The van der Waals surface area contributed by atoms with E-state index in [-0.39, 0.29) is 12.0 Å². The Balaban J connectivity index is 1.56. The monoisotopic (exact) mass is 250 g/mol. The van der Waals surface area contributed by atoms with Crippen LogP contribution in [0.25, 0.3) is 0 Å². The van der Waals surface area contributed by atoms with Gasteiger partial charge >= 0.3 is 0 Å². The molecule has 1 unspecified atom stereocenters. The summed E-state index contributed by atoms with van der Waals surface area (Å²) in [6.07, 6.45) is 2.61. The lowest BCUT2D eigenvalue weighted by Crippen LogP contribution is -2.48. The molecule has 3 rings (SSSR count). The van der Waals surface area contributed by atoms with Gasteiger partial charge in [-0.3, -0.25) is 4.79 Å². The standard InChI is InChI=1S/C13H18N2O3/c1-9-8-12(18-14-9)10-2-5-15(6-3-10)13(16)11-4-7-17-11/h8,10-11H,2-7H2,1H3. The Morgan fingerprint density at radius 2 is 2.11 bits per heavy atom. The lowest BCUT2D eigenvalue weighted by molar-refractivity contribution is -0.157. The molecule has 5 nitrogen and oxygen atoms in total. The zero-order chi connectivity index (χ0) is 12.5. The van der Waals surface area contributed by atoms with Gasteiger partial charge in [0.05, 0.1) is 12.3 Å². The van der Waals surface area contributed by atoms with Crippen molar-refractivity contribution in [2.75, 3.05) is 19.7 Å². The highest BCUT2D eigenvalue weighted by Crippen LogP contribution is 2.29. The Hall–Kier alpha value is -1.36. The number of rotatable bonds is 2. The van der Waals surface area contributed by atoms with Crippen LogP contribution in [0.4, 0.5) is 0 Å². The number of carbonyl (C=O) groups is 1. The predicted molar refractivity (Wildman–Crippen MR) is 64.2 cm³/mol. The van der Waals surface area contributed by atoms with Gasteiger partial charge in [0.2, 0.25) is 0 Å². The fraction of sp³-hybridized carbons (Fsp3) is 0.692. The third kappa shape index (κ3) is 2.14. The van der Waals surface area contributed by atoms with E-state index in [2.05, 4.69) is 5.16 Å². The highest BCUT2D eigenvalue weighted by molar-refractivity contribution is 5.81. The maximum Gasteiger partial charge on any atom is 0.251 e. The molecule has 2 saturated heterocycles. The van der Waals surface area contributed by atoms with Gasteiger partial charge < -0.3 is 14.2 Å². The van der Waals surface area contributed by atoms with E-state index in [1.807, 2.05) is 17.9 Å². The average molecular weight is 250 g/mol. The summed E-state index contributed by atoms with van der Waals surface area (Å²) in [7, 11) is 0. The molecule has 0 bridgehead atoms. The third-order valence-electron chi connectivity index (χ3n) is 3.83. The minimum Gasteiger partial charge on any atom is -0.368 e. The summed E-state index contributed by atoms with van der Waals surface area (Å²) in [4.78, 5) is 13.9. The molecule has 1 amide bonds. The number of amides is 1. The third-order valence-corrected chi connectivity index (χ3v) is 3.83. The van der Waals surface area contributed by atoms with Crippen LogP contribution in [0.5, 0.6) is 0 Å². The minimum atomic E-state index is -0.172. The second-order valence-corrected chi connectivity index (χ2v) is 5.12. The number of hydrogen-bond donors (Lipinski definition) is 0. The van der Waals surface area contributed by atoms with Gasteiger partial charge in [0.1, 0.15) is 11.9 Å². The van der Waals surface area contributed by atoms with Crippen LogP contribution >= 0.6 is 0 Å². The van der Waals surface area contributed by atoms with E-state index in [1.54, 1.807) is 0 Å². The van der Waals surface area contributed by atoms with Gasteiger partial charge in [0.25, 0.3) is 5.91 Å². The molecular weight excluding hydrogens is 232 g/mol. The fourth-order valence-corrected chi connectivity index (χ4v) is 2.59. The number of hydrogen-bond acceptors (Lipinski definition) is 4. The number of likely N-dealkylation sites (tertiary alicyclic amines) is 1. The molecule has 18 heavy (non-hydrogen) atoms. The first kappa shape index (κ1) is 11.7. The van der Waals surface area contributed by atoms with E-state index in [1.165, 1.54) is 0 Å². The van der Waals surface area contributed by atoms with E-state index < -0.39 is 0 Å². The van der Waals surface area contributed by atoms with Crippen LogP contribution < -0.4 is 0 Å². The van der Waals surface area contributed by atoms with Crippen molar-refractivity contribution in [3.8, 4) is 0 Å². The van der Waals surface area contributed by atoms with Crippen LogP contribution in [-0.4, -0.2) is 41.8 Å². The maximum atomic E-state index is 12.0. The quantitative estimate of drug-likeness (QED) is 0.797. The number of aryl methyl sites for hydroxylation is 1. The Morgan fingerprint density at radius 1 is 1.39 bits per heavy atom. The summed E-state index contributed by atoms with van der Waals surface area (Å²) in [6, 6.07) is 2.00. The second-order valence-electron chi connectivity index (χ2n) is 5.12. The van der Waals surface area contributed by atoms with E-state index in [0.29, 0.717) is 5.92 Å². The zero-order valence-corrected chi connectivity index (χ0v) is 10.6. The van der Waals surface area contributed by atoms with E-state index >= 15 is 0 Å². The van der Waals surface area contributed by atoms with Crippen LogP contribution in [-0.2, 0) is 9.53 Å². The summed E-state index contributed by atoms with van der Waals surface area (Å²) in [5.74, 6) is 1.52. The van der Waals surface area contributed by atoms with Crippen molar-refractivity contribution >= 4 is 5.91 Å². The van der Waals surface area contributed by atoms with E-state index in [0.717, 1.165) is 50.4 Å². The first-order chi connectivity index (χ1) is 8.74. The Morgan fingerprint density at radius 3 is 2.61 bits per heavy atom. The summed E-state index contributed by atoms with van der Waals surface area (Å²) in [5, 5.41) is 3.92. The summed E-state index contributed by atoms with van der Waals surface area (Å²) < 4.78 is 10.5. The van der Waals surface area contributed by atoms with Crippen LogP contribution in [0.2, 0.25) is 0 Å². The largest absolute Gasteiger partial charge is 0.368 e. The topological polar surface area (TPSA) is 55.6 Å². The maximum absolute atomic E-state index is 12.0. The van der Waals surface area contributed by atoms with E-state index in [4.69, 9.17) is 9.26 Å². The van der Waals surface area contributed by atoms with Gasteiger partial charge in [-0.2, -0.15) is 0 Å². The molecule has 5 heteroatoms. The molecule has 0 saturated carbocycles. The van der Waals surface area contributed by atoms with Crippen LogP contribution in [0.15, 0.2) is 10.6 Å². The number of ether oxygens (including phenoxy) is 1. The first-order valence-corrected chi connectivity index (χ1v) is 6.57. The van der Waals surface area contributed by atoms with Crippen molar-refractivity contribution in [2.45, 2.75) is 38.2 Å². The molecule has 0 N–H and O–H groups in total. The Kier molecular flexibility index (Phi) is 3.07. The minimum absolute atomic E-state index is 0.161. The molecule has 98 valence electrons. The summed E-state index contributed by atoms with van der Waals surface area (Å²) in [6.45, 7) is 4.25. The molecule has 2 aliphatic rings. The van der Waals surface area contributed by atoms with Crippen molar-refractivity contribution in [1.29, 1.82) is 0 Å². The van der Waals surface area contributed by atoms with Crippen LogP contribution in [0.1, 0.15) is 36.6 Å². The molecule has 0 aliphatic carbocycles. The molecule has 1 aromatic heterocycles. The van der Waals surface area contributed by atoms with Crippen LogP contribution in [0.3, 0.4) is 0 Å². The normalized spacial score (nSPS) is 24.9. The van der Waals surface area contributed by atoms with Gasteiger partial charge in [-0.1, -0.05) is 5.16 Å². The Bertz CT molecular complexity index is 431. The summed E-state index contributed by atoms with van der Waals surface area (Å²) >= 11 is 0. The molecular formula is C13H18N2O3. The van der Waals surface area contributed by atoms with Crippen molar-refractivity contribution in [2.24, 2.45) is 0 Å². The van der Waals surface area contributed by atoms with Gasteiger partial charge in [-0.15, -0.1) is 0 Å². The second kappa shape index (κ2) is 4.72. The predicted octanol–water partition coefficient (Wildman–Crippen LogP) is 1.48. The van der Waals surface area contributed by atoms with Gasteiger partial charge in [-0.05, 0) is 19.8 Å². The number of aromatic nitrogens is 1. The zero-order valence-electron chi connectivity index (χ0n) is 10.6. The van der Waals surface area contributed by atoms with Crippen molar-refractivity contribution < 1.29 is 14.1 Å². The highest BCUT2D eigenvalue weighted by Gasteiger charge is 2.33. The molecule has 0 aromatic carbocycles. The lowest BCUT2D eigenvalue weighted by Gasteiger charge is -2.35. The SMILES string of the molecule is Cc1cc(C2CCN(C(=O)C3CCO3)CC2)on1. The number of nitrogens with zero attached hydrogens (tertiary/aromatic N) is 2. The molecule has 2 fully saturated rings. The van der Waals surface area contributed by atoms with Gasteiger partial charge in [0.15, 0.2) is 0 Å². The van der Waals surface area contributed by atoms with Gasteiger partial charge in [0, 0.05) is 31.5 Å². The van der Waals surface area contributed by atoms with Crippen molar-refractivity contribution in [3.63, 3.8) is 0 Å². The smallest absolute Gasteiger partial charge is 0.251 e. The van der Waals surface area contributed by atoms with Gasteiger partial charge in [-0.25, -0.2) is 0 Å². The fourth-order valence-electron chi connectivity index (χ4n) is 2.59. The molecule has 1 aromatic rings. The first-order valence-electron chi connectivity index (χ1n) is 6.57. The number of carbonyl (C=O) groups excluding carboxylic acids is 1. The molecule has 3 heterocycles. The van der Waals surface area contributed by atoms with E-state index in [9.17, 15) is 4.79 Å². The Labute approximate surface area is 106 Å². The molecule has 2 aliphatic heterocycles. The molecule has 0 spiro atoms. The van der Waals surface area contributed by atoms with Crippen molar-refractivity contribution in [3.05, 3.63) is 17.5 Å². The van der Waals surface area contributed by atoms with Crippen LogP contribution in [0, 0.1) is 6.92 Å². The highest BCUT2D eigenvalue weighted by atomic mass is 16.5. The summed E-state index contributed by atoms with van der Waals surface area (Å²) in [5.41, 5.74) is 0.923. The molecule has 1 atom stereocenters. The molecule has 0 radical (unpaired) electrons. The number of piperidine rings is 1. The lowest BCUT2D eigenvalue weighted by atomic mass is 9.93.